The molecule has 1 saturated carbocycles. The summed E-state index contributed by atoms with van der Waals surface area (Å²) in [5.41, 5.74) is -0.338. The lowest BCUT2D eigenvalue weighted by atomic mass is 9.79. The van der Waals surface area contributed by atoms with E-state index < -0.39 is 11.5 Å². The van der Waals surface area contributed by atoms with Gasteiger partial charge in [-0.1, -0.05) is 19.1 Å². The van der Waals surface area contributed by atoms with Crippen molar-refractivity contribution in [2.75, 3.05) is 13.7 Å². The highest BCUT2D eigenvalue weighted by Crippen LogP contribution is 2.52. The number of nitrogens with zero attached hydrogens (tertiary/aromatic N) is 1. The van der Waals surface area contributed by atoms with Gasteiger partial charge >= 0.3 is 5.97 Å². The number of hydrogen-bond acceptors (Lipinski definition) is 5. The van der Waals surface area contributed by atoms with Gasteiger partial charge in [-0.25, -0.2) is 0 Å². The third-order valence-corrected chi connectivity index (χ3v) is 4.94. The molecule has 0 radical (unpaired) electrons. The quantitative estimate of drug-likeness (QED) is 0.473. The highest BCUT2D eigenvalue weighted by atomic mass is 16.6. The summed E-state index contributed by atoms with van der Waals surface area (Å²) in [6.07, 6.45) is 0.191. The molecule has 0 saturated heterocycles. The summed E-state index contributed by atoms with van der Waals surface area (Å²) in [6, 6.07) is 7.27. The Morgan fingerprint density at radius 3 is 2.48 bits per heavy atom. The third-order valence-electron chi connectivity index (χ3n) is 4.94. The number of nitro groups is 1. The Morgan fingerprint density at radius 1 is 1.39 bits per heavy atom. The van der Waals surface area contributed by atoms with Crippen molar-refractivity contribution in [2.45, 2.75) is 38.6 Å². The molecule has 23 heavy (non-hydrogen) atoms. The van der Waals surface area contributed by atoms with Gasteiger partial charge in [0.25, 0.3) is 0 Å². The standard InChI is InChI=1S/C17H23NO5/c1-5-23-16(19)14-10-17(3,18(20)21)15(11(14)2)12-6-8-13(22-4)9-7-12/h6-9,11,14-15H,5,10H2,1-4H3/t11-,14?,15-,17+/m0/s1. The molecule has 0 spiro atoms. The van der Waals surface area contributed by atoms with Crippen LogP contribution in [-0.4, -0.2) is 30.1 Å². The summed E-state index contributed by atoms with van der Waals surface area (Å²) in [7, 11) is 1.57. The van der Waals surface area contributed by atoms with E-state index in [0.717, 1.165) is 5.56 Å². The molecule has 2 rings (SSSR count). The second-order valence-electron chi connectivity index (χ2n) is 6.29. The molecule has 6 heteroatoms. The van der Waals surface area contributed by atoms with Crippen molar-refractivity contribution in [2.24, 2.45) is 11.8 Å². The average Bonchev–Trinajstić information content (AvgIpc) is 2.80. The van der Waals surface area contributed by atoms with Crippen LogP contribution in [0.2, 0.25) is 0 Å². The number of methoxy groups -OCH3 is 1. The molecule has 1 aliphatic carbocycles. The highest BCUT2D eigenvalue weighted by molar-refractivity contribution is 5.74. The Bertz CT molecular complexity index is 585. The van der Waals surface area contributed by atoms with Gasteiger partial charge in [-0.05, 0) is 30.5 Å². The normalized spacial score (nSPS) is 30.0. The van der Waals surface area contributed by atoms with Crippen LogP contribution in [0.4, 0.5) is 0 Å². The first-order chi connectivity index (χ1) is 10.8. The van der Waals surface area contributed by atoms with E-state index in [1.54, 1.807) is 33.1 Å². The van der Waals surface area contributed by atoms with Crippen molar-refractivity contribution in [1.82, 2.24) is 0 Å². The summed E-state index contributed by atoms with van der Waals surface area (Å²) in [5.74, 6) is -0.624. The first-order valence-electron chi connectivity index (χ1n) is 7.80. The van der Waals surface area contributed by atoms with Crippen molar-refractivity contribution < 1.29 is 19.2 Å². The largest absolute Gasteiger partial charge is 0.497 e. The molecule has 0 bridgehead atoms. The van der Waals surface area contributed by atoms with E-state index in [1.165, 1.54) is 0 Å². The van der Waals surface area contributed by atoms with Crippen LogP contribution in [0.5, 0.6) is 5.75 Å². The smallest absolute Gasteiger partial charge is 0.309 e. The SMILES string of the molecule is CCOC(=O)C1C[C@@](C)([N+](=O)[O-])[C@H](c2ccc(OC)cc2)[C@H]1C. The molecule has 0 aliphatic heterocycles. The van der Waals surface area contributed by atoms with Crippen LogP contribution in [0.25, 0.3) is 0 Å². The minimum atomic E-state index is -1.19. The fraction of sp³-hybridized carbons (Fsp3) is 0.588. The van der Waals surface area contributed by atoms with Gasteiger partial charge in [-0.3, -0.25) is 14.9 Å². The van der Waals surface area contributed by atoms with Crippen LogP contribution in [0.3, 0.4) is 0 Å². The van der Waals surface area contributed by atoms with E-state index in [-0.39, 0.29) is 35.8 Å². The van der Waals surface area contributed by atoms with Crippen molar-refractivity contribution in [3.8, 4) is 5.75 Å². The van der Waals surface area contributed by atoms with Crippen molar-refractivity contribution in [1.29, 1.82) is 0 Å². The average molecular weight is 321 g/mol. The second-order valence-corrected chi connectivity index (χ2v) is 6.29. The number of esters is 1. The monoisotopic (exact) mass is 321 g/mol. The molecule has 0 N–H and O–H groups in total. The van der Waals surface area contributed by atoms with E-state index >= 15 is 0 Å². The molecular formula is C17H23NO5. The second kappa shape index (κ2) is 6.56. The fourth-order valence-corrected chi connectivity index (χ4v) is 3.77. The van der Waals surface area contributed by atoms with Gasteiger partial charge in [0.1, 0.15) is 5.75 Å². The number of benzene rings is 1. The summed E-state index contributed by atoms with van der Waals surface area (Å²) < 4.78 is 10.2. The van der Waals surface area contributed by atoms with E-state index in [4.69, 9.17) is 9.47 Å². The number of carbonyl (C=O) groups excluding carboxylic acids is 1. The van der Waals surface area contributed by atoms with E-state index in [9.17, 15) is 14.9 Å². The van der Waals surface area contributed by atoms with Crippen molar-refractivity contribution in [3.05, 3.63) is 39.9 Å². The molecule has 0 aromatic heterocycles. The molecule has 1 unspecified atom stereocenters. The van der Waals surface area contributed by atoms with E-state index in [0.29, 0.717) is 5.75 Å². The molecule has 126 valence electrons. The van der Waals surface area contributed by atoms with Gasteiger partial charge < -0.3 is 9.47 Å². The minimum absolute atomic E-state index is 0.169. The first-order valence-corrected chi connectivity index (χ1v) is 7.80. The maximum atomic E-state index is 12.2. The van der Waals surface area contributed by atoms with Gasteiger partial charge in [-0.2, -0.15) is 0 Å². The van der Waals surface area contributed by atoms with Gasteiger partial charge in [0.15, 0.2) is 0 Å². The Hall–Kier alpha value is -2.11. The molecule has 1 aliphatic rings. The van der Waals surface area contributed by atoms with Gasteiger partial charge in [0, 0.05) is 18.3 Å². The third kappa shape index (κ3) is 3.02. The molecule has 1 fully saturated rings. The molecule has 0 amide bonds. The van der Waals surface area contributed by atoms with Crippen LogP contribution >= 0.6 is 0 Å². The Morgan fingerprint density at radius 2 is 2.00 bits per heavy atom. The zero-order valence-corrected chi connectivity index (χ0v) is 13.9. The maximum Gasteiger partial charge on any atom is 0.309 e. The number of rotatable bonds is 5. The lowest BCUT2D eigenvalue weighted by Gasteiger charge is -2.26. The summed E-state index contributed by atoms with van der Waals surface area (Å²) in [4.78, 5) is 23.7. The van der Waals surface area contributed by atoms with E-state index in [2.05, 4.69) is 0 Å². The Labute approximate surface area is 135 Å². The minimum Gasteiger partial charge on any atom is -0.497 e. The lowest BCUT2D eigenvalue weighted by Crippen LogP contribution is -2.38. The zero-order chi connectivity index (χ0) is 17.2. The van der Waals surface area contributed by atoms with Crippen LogP contribution in [0.15, 0.2) is 24.3 Å². The Kier molecular flexibility index (Phi) is 4.92. The van der Waals surface area contributed by atoms with Crippen molar-refractivity contribution in [3.63, 3.8) is 0 Å². The molecule has 0 heterocycles. The van der Waals surface area contributed by atoms with Gasteiger partial charge in [0.05, 0.1) is 25.6 Å². The lowest BCUT2D eigenvalue weighted by molar-refractivity contribution is -0.568. The summed E-state index contributed by atoms with van der Waals surface area (Å²) in [5, 5.41) is 11.7. The summed E-state index contributed by atoms with van der Waals surface area (Å²) >= 11 is 0. The highest BCUT2D eigenvalue weighted by Gasteiger charge is 2.60. The Balaban J connectivity index is 2.40. The maximum absolute atomic E-state index is 12.2. The summed E-state index contributed by atoms with van der Waals surface area (Å²) in [6.45, 7) is 5.54. The van der Waals surface area contributed by atoms with Crippen molar-refractivity contribution >= 4 is 5.97 Å². The molecule has 6 nitrogen and oxygen atoms in total. The van der Waals surface area contributed by atoms with Gasteiger partial charge in [0.2, 0.25) is 5.54 Å². The van der Waals surface area contributed by atoms with Crippen LogP contribution in [0.1, 0.15) is 38.7 Å². The fourth-order valence-electron chi connectivity index (χ4n) is 3.77. The predicted octanol–water partition coefficient (Wildman–Crippen LogP) is 3.03. The van der Waals surface area contributed by atoms with Gasteiger partial charge in [-0.15, -0.1) is 0 Å². The van der Waals surface area contributed by atoms with E-state index in [1.807, 2.05) is 19.1 Å². The zero-order valence-electron chi connectivity index (χ0n) is 13.9. The van der Waals surface area contributed by atoms with Crippen LogP contribution in [0, 0.1) is 22.0 Å². The molecular weight excluding hydrogens is 298 g/mol. The van der Waals surface area contributed by atoms with Crippen LogP contribution in [-0.2, 0) is 9.53 Å². The molecule has 1 aromatic rings. The topological polar surface area (TPSA) is 78.7 Å². The first kappa shape index (κ1) is 17.2. The van der Waals surface area contributed by atoms with Crippen LogP contribution < -0.4 is 4.74 Å². The number of hydrogen-bond donors (Lipinski definition) is 0. The number of carbonyl (C=O) groups is 1. The predicted molar refractivity (Wildman–Crippen MR) is 85.0 cm³/mol. The molecule has 1 aromatic carbocycles. The molecule has 4 atom stereocenters. The number of ether oxygens (including phenoxy) is 2.